The third-order valence-electron chi connectivity index (χ3n) is 7.80. The van der Waals surface area contributed by atoms with Gasteiger partial charge in [0.25, 0.3) is 5.91 Å². The molecule has 10 heteroatoms. The molecule has 5 heterocycles. The number of piperidine rings is 1. The Morgan fingerprint density at radius 2 is 2.02 bits per heavy atom. The van der Waals surface area contributed by atoms with Crippen LogP contribution in [-0.2, 0) is 17.9 Å². The largest absolute Gasteiger partial charge is 0.348 e. The Morgan fingerprint density at radius 3 is 2.80 bits per heavy atom. The van der Waals surface area contributed by atoms with Crippen LogP contribution in [0.2, 0.25) is 0 Å². The van der Waals surface area contributed by atoms with E-state index in [-0.39, 0.29) is 23.5 Å². The molecule has 2 N–H and O–H groups in total. The number of rotatable bonds is 7. The first-order valence-electron chi connectivity index (χ1n) is 13.6. The Labute approximate surface area is 232 Å². The zero-order valence-corrected chi connectivity index (χ0v) is 22.9. The molecular weight excluding hydrogens is 509 g/mol. The zero-order chi connectivity index (χ0) is 28.0. The molecule has 1 fully saturated rings. The SMILES string of the molecule is CCN1CCC(c2ccc(Nc3ccc(-c4cnc5cc(F)ccn45)c4c3C(=O)NC4)nc2CN(C)C)CC1=O. The van der Waals surface area contributed by atoms with Crippen LogP contribution in [0.1, 0.15) is 52.9 Å². The number of anilines is 2. The number of likely N-dealkylation sites (tertiary alicyclic amines) is 1. The van der Waals surface area contributed by atoms with Gasteiger partial charge >= 0.3 is 0 Å². The molecule has 1 unspecified atom stereocenters. The summed E-state index contributed by atoms with van der Waals surface area (Å²) in [6.45, 7) is 4.54. The summed E-state index contributed by atoms with van der Waals surface area (Å²) >= 11 is 0. The molecule has 0 bridgehead atoms. The van der Waals surface area contributed by atoms with Gasteiger partial charge in [-0.25, -0.2) is 14.4 Å². The molecule has 2 aliphatic heterocycles. The van der Waals surface area contributed by atoms with E-state index in [4.69, 9.17) is 4.98 Å². The molecule has 9 nitrogen and oxygen atoms in total. The summed E-state index contributed by atoms with van der Waals surface area (Å²) in [6, 6.07) is 10.6. The number of imidazole rings is 1. The average Bonchev–Trinajstić information content (AvgIpc) is 3.52. The maximum atomic E-state index is 13.7. The quantitative estimate of drug-likeness (QED) is 0.362. The Balaban J connectivity index is 1.34. The molecule has 0 radical (unpaired) electrons. The van der Waals surface area contributed by atoms with E-state index in [2.05, 4.69) is 26.6 Å². The predicted octanol–water partition coefficient (Wildman–Crippen LogP) is 4.31. The summed E-state index contributed by atoms with van der Waals surface area (Å²) in [7, 11) is 4.00. The number of fused-ring (bicyclic) bond motifs is 2. The van der Waals surface area contributed by atoms with Crippen LogP contribution in [0.15, 0.2) is 48.8 Å². The lowest BCUT2D eigenvalue weighted by molar-refractivity contribution is -0.133. The van der Waals surface area contributed by atoms with Crippen molar-refractivity contribution in [2.45, 2.75) is 38.8 Å². The fourth-order valence-electron chi connectivity index (χ4n) is 5.84. The standard InChI is InChI=1S/C30H32FN7O2/c1-4-37-11-9-18(13-28(37)39)20-6-8-26(35-24(20)17-36(2)3)34-23-7-5-21(22-15-33-30(40)29(22)23)25-16-32-27-14-19(31)10-12-38(25)27/h5-8,10,12,14,16,18H,4,9,11,13,15,17H2,1-3H3,(H,33,40)(H,34,35). The Morgan fingerprint density at radius 1 is 1.18 bits per heavy atom. The van der Waals surface area contributed by atoms with Crippen LogP contribution in [0.5, 0.6) is 0 Å². The third kappa shape index (κ3) is 4.68. The summed E-state index contributed by atoms with van der Waals surface area (Å²) in [5.74, 6) is 0.453. The van der Waals surface area contributed by atoms with E-state index in [9.17, 15) is 14.0 Å². The van der Waals surface area contributed by atoms with Crippen molar-refractivity contribution in [1.29, 1.82) is 0 Å². The minimum absolute atomic E-state index is 0.139. The van der Waals surface area contributed by atoms with Crippen molar-refractivity contribution >= 4 is 29.0 Å². The molecule has 3 aromatic heterocycles. The number of carbonyl (C=O) groups is 2. The number of pyridine rings is 2. The van der Waals surface area contributed by atoms with Gasteiger partial charge in [-0.1, -0.05) is 12.1 Å². The number of amides is 2. The second-order valence-electron chi connectivity index (χ2n) is 10.7. The average molecular weight is 542 g/mol. The number of carbonyl (C=O) groups excluding carboxylic acids is 2. The second kappa shape index (κ2) is 10.3. The first-order chi connectivity index (χ1) is 19.3. The van der Waals surface area contributed by atoms with Crippen LogP contribution in [0.25, 0.3) is 16.9 Å². The van der Waals surface area contributed by atoms with Crippen LogP contribution >= 0.6 is 0 Å². The molecule has 206 valence electrons. The van der Waals surface area contributed by atoms with Crippen molar-refractivity contribution in [3.8, 4) is 11.3 Å². The maximum absolute atomic E-state index is 13.7. The minimum Gasteiger partial charge on any atom is -0.348 e. The van der Waals surface area contributed by atoms with Crippen molar-refractivity contribution in [2.75, 3.05) is 32.5 Å². The van der Waals surface area contributed by atoms with E-state index >= 15 is 0 Å². The summed E-state index contributed by atoms with van der Waals surface area (Å²) < 4.78 is 15.5. The number of nitrogens with zero attached hydrogens (tertiary/aromatic N) is 5. The summed E-state index contributed by atoms with van der Waals surface area (Å²) in [5.41, 5.74) is 6.25. The van der Waals surface area contributed by atoms with E-state index in [0.717, 1.165) is 47.6 Å². The summed E-state index contributed by atoms with van der Waals surface area (Å²) in [4.78, 5) is 38.9. The third-order valence-corrected chi connectivity index (χ3v) is 7.80. The van der Waals surface area contributed by atoms with Gasteiger partial charge in [-0.15, -0.1) is 0 Å². The van der Waals surface area contributed by atoms with E-state index in [1.54, 1.807) is 12.4 Å². The molecule has 1 saturated heterocycles. The number of aromatic nitrogens is 3. The molecule has 2 aliphatic rings. The highest BCUT2D eigenvalue weighted by molar-refractivity contribution is 6.06. The number of hydrogen-bond donors (Lipinski definition) is 2. The van der Waals surface area contributed by atoms with Crippen molar-refractivity contribution in [2.24, 2.45) is 0 Å². The zero-order valence-electron chi connectivity index (χ0n) is 22.9. The smallest absolute Gasteiger partial charge is 0.254 e. The van der Waals surface area contributed by atoms with Crippen LogP contribution < -0.4 is 10.6 Å². The van der Waals surface area contributed by atoms with Gasteiger partial charge < -0.3 is 20.4 Å². The summed E-state index contributed by atoms with van der Waals surface area (Å²) in [5, 5.41) is 6.32. The topological polar surface area (TPSA) is 94.9 Å². The van der Waals surface area contributed by atoms with Gasteiger partial charge in [0.05, 0.1) is 28.8 Å². The van der Waals surface area contributed by atoms with Gasteiger partial charge in [-0.3, -0.25) is 14.0 Å². The van der Waals surface area contributed by atoms with Crippen molar-refractivity contribution in [3.63, 3.8) is 0 Å². The number of benzene rings is 1. The van der Waals surface area contributed by atoms with Gasteiger partial charge in [0.2, 0.25) is 5.91 Å². The lowest BCUT2D eigenvalue weighted by Gasteiger charge is -2.32. The maximum Gasteiger partial charge on any atom is 0.254 e. The van der Waals surface area contributed by atoms with Crippen LogP contribution in [0.4, 0.5) is 15.9 Å². The highest BCUT2D eigenvalue weighted by Gasteiger charge is 2.29. The van der Waals surface area contributed by atoms with E-state index in [0.29, 0.717) is 42.2 Å². The summed E-state index contributed by atoms with van der Waals surface area (Å²) in [6.07, 6.45) is 4.75. The Kier molecular flexibility index (Phi) is 6.71. The lowest BCUT2D eigenvalue weighted by atomic mass is 9.87. The number of halogens is 1. The lowest BCUT2D eigenvalue weighted by Crippen LogP contribution is -2.38. The van der Waals surface area contributed by atoms with Crippen LogP contribution in [-0.4, -0.2) is 63.2 Å². The first-order valence-corrected chi connectivity index (χ1v) is 13.6. The van der Waals surface area contributed by atoms with E-state index < -0.39 is 0 Å². The van der Waals surface area contributed by atoms with Gasteiger partial charge in [-0.2, -0.15) is 0 Å². The van der Waals surface area contributed by atoms with Crippen molar-refractivity contribution in [3.05, 3.63) is 77.0 Å². The molecule has 0 spiro atoms. The van der Waals surface area contributed by atoms with Crippen LogP contribution in [0.3, 0.4) is 0 Å². The van der Waals surface area contributed by atoms with Gasteiger partial charge in [0.1, 0.15) is 17.3 Å². The molecule has 1 atom stereocenters. The fraction of sp³-hybridized carbons (Fsp3) is 0.333. The van der Waals surface area contributed by atoms with Gasteiger partial charge in [0.15, 0.2) is 0 Å². The molecule has 0 aliphatic carbocycles. The van der Waals surface area contributed by atoms with Gasteiger partial charge in [0, 0.05) is 50.4 Å². The molecular formula is C30H32FN7O2. The minimum atomic E-state index is -0.351. The molecule has 0 saturated carbocycles. The molecule has 2 amide bonds. The fourth-order valence-corrected chi connectivity index (χ4v) is 5.84. The predicted molar refractivity (Wildman–Crippen MR) is 151 cm³/mol. The number of nitrogens with one attached hydrogen (secondary N) is 2. The van der Waals surface area contributed by atoms with Crippen molar-refractivity contribution in [1.82, 2.24) is 29.5 Å². The highest BCUT2D eigenvalue weighted by Crippen LogP contribution is 2.36. The second-order valence-corrected chi connectivity index (χ2v) is 10.7. The van der Waals surface area contributed by atoms with E-state index in [1.807, 2.05) is 48.5 Å². The Bertz CT molecular complexity index is 1630. The number of hydrogen-bond acceptors (Lipinski definition) is 6. The molecule has 40 heavy (non-hydrogen) atoms. The normalized spacial score (nSPS) is 17.0. The van der Waals surface area contributed by atoms with E-state index in [1.165, 1.54) is 12.1 Å². The molecule has 4 aromatic rings. The van der Waals surface area contributed by atoms with Crippen LogP contribution in [0, 0.1) is 5.82 Å². The van der Waals surface area contributed by atoms with Crippen molar-refractivity contribution < 1.29 is 14.0 Å². The Hall–Kier alpha value is -4.31. The molecule has 6 rings (SSSR count). The highest BCUT2D eigenvalue weighted by atomic mass is 19.1. The van der Waals surface area contributed by atoms with Gasteiger partial charge in [-0.05, 0) is 62.7 Å². The first kappa shape index (κ1) is 25.9. The monoisotopic (exact) mass is 541 g/mol. The molecule has 1 aromatic carbocycles.